The minimum atomic E-state index is -1.21. The van der Waals surface area contributed by atoms with E-state index >= 15 is 0 Å². The zero-order valence-corrected chi connectivity index (χ0v) is 16.5. The van der Waals surface area contributed by atoms with Crippen molar-refractivity contribution in [2.75, 3.05) is 7.11 Å². The maximum Gasteiger partial charge on any atom is 1.00 e. The van der Waals surface area contributed by atoms with Crippen molar-refractivity contribution in [3.05, 3.63) is 76.5 Å². The van der Waals surface area contributed by atoms with Gasteiger partial charge in [-0.05, 0) is 6.07 Å². The number of rotatable bonds is 5. The third-order valence-corrected chi connectivity index (χ3v) is 3.73. The number of carboxylic acid groups (broad SMARTS) is 1. The van der Waals surface area contributed by atoms with Crippen LogP contribution in [0.4, 0.5) is 0 Å². The first kappa shape index (κ1) is 20.0. The van der Waals surface area contributed by atoms with Crippen LogP contribution in [-0.4, -0.2) is 13.1 Å². The largest absolute Gasteiger partial charge is 1.00 e. The second-order valence-electron chi connectivity index (χ2n) is 5.43. The van der Waals surface area contributed by atoms with E-state index in [1.54, 1.807) is 18.2 Å². The molecule has 26 heavy (non-hydrogen) atoms. The Kier molecular flexibility index (Phi) is 6.80. The molecule has 0 unspecified atom stereocenters. The predicted octanol–water partition coefficient (Wildman–Crippen LogP) is -0.721. The molecule has 3 rings (SSSR count). The Bertz CT molecular complexity index is 963. The minimum Gasteiger partial charge on any atom is -0.550 e. The molecule has 0 fully saturated rings. The van der Waals surface area contributed by atoms with Gasteiger partial charge in [0.25, 0.3) is 0 Å². The third kappa shape index (κ3) is 4.43. The van der Waals surface area contributed by atoms with Gasteiger partial charge in [0.2, 0.25) is 0 Å². The van der Waals surface area contributed by atoms with E-state index < -0.39 is 5.97 Å². The number of carbonyl (C=O) groups is 1. The van der Waals surface area contributed by atoms with Gasteiger partial charge in [0, 0.05) is 35.6 Å². The molecule has 0 atom stereocenters. The van der Waals surface area contributed by atoms with Gasteiger partial charge in [0.1, 0.15) is 17.3 Å². The van der Waals surface area contributed by atoms with Gasteiger partial charge in [0.05, 0.1) is 12.7 Å². The summed E-state index contributed by atoms with van der Waals surface area (Å²) in [5.41, 5.74) is 1.52. The Morgan fingerprint density at radius 2 is 1.73 bits per heavy atom. The summed E-state index contributed by atoms with van der Waals surface area (Å²) in [4.78, 5) is 23.1. The molecule has 0 bridgehead atoms. The minimum absolute atomic E-state index is 0. The molecule has 0 aliphatic carbocycles. The van der Waals surface area contributed by atoms with E-state index in [0.29, 0.717) is 28.4 Å². The summed E-state index contributed by atoms with van der Waals surface area (Å²) in [7, 11) is 1.44. The van der Waals surface area contributed by atoms with Gasteiger partial charge in [-0.15, -0.1) is 0 Å². The van der Waals surface area contributed by atoms with Crippen LogP contribution in [0.1, 0.15) is 5.56 Å². The summed E-state index contributed by atoms with van der Waals surface area (Å²) in [6.07, 6.45) is -0.292. The molecule has 0 aliphatic heterocycles. The summed E-state index contributed by atoms with van der Waals surface area (Å²) >= 11 is 0. The molecule has 2 aromatic carbocycles. The fourth-order valence-corrected chi connectivity index (χ4v) is 2.67. The smallest absolute Gasteiger partial charge is 0.550 e. The maximum atomic E-state index is 12.1. The molecular formula is C20H15NaO5. The van der Waals surface area contributed by atoms with Crippen LogP contribution in [0.2, 0.25) is 0 Å². The Balaban J connectivity index is 0.00000243. The molecule has 3 aromatic rings. The zero-order valence-electron chi connectivity index (χ0n) is 14.5. The normalized spacial score (nSPS) is 10.0. The van der Waals surface area contributed by atoms with Crippen LogP contribution in [0.3, 0.4) is 0 Å². The molecule has 1 heterocycles. The van der Waals surface area contributed by atoms with Crippen molar-refractivity contribution >= 4 is 5.97 Å². The van der Waals surface area contributed by atoms with Crippen LogP contribution in [0.15, 0.2) is 69.9 Å². The van der Waals surface area contributed by atoms with Gasteiger partial charge in [-0.1, -0.05) is 42.5 Å². The molecule has 0 aliphatic rings. The quantitative estimate of drug-likeness (QED) is 0.563. The second-order valence-corrected chi connectivity index (χ2v) is 5.43. The summed E-state index contributed by atoms with van der Waals surface area (Å²) in [5.74, 6) is -0.131. The number of benzene rings is 2. The number of para-hydroxylation sites is 1. The Morgan fingerprint density at radius 3 is 2.38 bits per heavy atom. The van der Waals surface area contributed by atoms with Gasteiger partial charge in [-0.3, -0.25) is 4.79 Å². The molecule has 126 valence electrons. The molecule has 0 N–H and O–H groups in total. The summed E-state index contributed by atoms with van der Waals surface area (Å²) in [5, 5.41) is 10.9. The molecular weight excluding hydrogens is 343 g/mol. The Morgan fingerprint density at radius 1 is 1.04 bits per heavy atom. The topological polar surface area (TPSA) is 79.6 Å². The number of carbonyl (C=O) groups excluding carboxylic acids is 1. The van der Waals surface area contributed by atoms with Gasteiger partial charge in [0.15, 0.2) is 5.43 Å². The zero-order chi connectivity index (χ0) is 17.8. The monoisotopic (exact) mass is 358 g/mol. The first-order valence-corrected chi connectivity index (χ1v) is 7.65. The molecule has 0 saturated carbocycles. The van der Waals surface area contributed by atoms with E-state index in [4.69, 9.17) is 9.15 Å². The van der Waals surface area contributed by atoms with Gasteiger partial charge < -0.3 is 19.1 Å². The van der Waals surface area contributed by atoms with Crippen LogP contribution in [0, 0.1) is 0 Å². The van der Waals surface area contributed by atoms with E-state index in [9.17, 15) is 14.7 Å². The van der Waals surface area contributed by atoms with E-state index in [1.807, 2.05) is 30.3 Å². The number of aliphatic carboxylic acids is 1. The van der Waals surface area contributed by atoms with Crippen molar-refractivity contribution in [3.63, 3.8) is 0 Å². The first-order chi connectivity index (χ1) is 12.1. The van der Waals surface area contributed by atoms with Crippen LogP contribution in [-0.2, 0) is 11.2 Å². The van der Waals surface area contributed by atoms with Crippen molar-refractivity contribution in [2.45, 2.75) is 6.42 Å². The van der Waals surface area contributed by atoms with Gasteiger partial charge in [-0.2, -0.15) is 0 Å². The van der Waals surface area contributed by atoms with Crippen LogP contribution in [0.25, 0.3) is 22.6 Å². The molecule has 0 radical (unpaired) electrons. The van der Waals surface area contributed by atoms with E-state index in [2.05, 4.69) is 0 Å². The third-order valence-electron chi connectivity index (χ3n) is 3.73. The second kappa shape index (κ2) is 8.85. The first-order valence-electron chi connectivity index (χ1n) is 7.65. The van der Waals surface area contributed by atoms with Crippen molar-refractivity contribution in [1.29, 1.82) is 0 Å². The van der Waals surface area contributed by atoms with E-state index in [0.717, 1.165) is 5.56 Å². The summed E-state index contributed by atoms with van der Waals surface area (Å²) < 4.78 is 11.3. The molecule has 0 saturated heterocycles. The fourth-order valence-electron chi connectivity index (χ4n) is 2.67. The van der Waals surface area contributed by atoms with Crippen molar-refractivity contribution in [1.82, 2.24) is 0 Å². The van der Waals surface area contributed by atoms with Crippen molar-refractivity contribution in [2.24, 2.45) is 0 Å². The van der Waals surface area contributed by atoms with Crippen LogP contribution in [0.5, 0.6) is 5.75 Å². The maximum absolute atomic E-state index is 12.1. The number of methoxy groups -OCH3 is 1. The number of carboxylic acids is 1. The van der Waals surface area contributed by atoms with Crippen LogP contribution < -0.4 is 44.8 Å². The SMILES string of the molecule is COc1c(CC(=O)[O-])cccc1-c1cc(=O)cc(-c2ccccc2)o1.[Na+]. The predicted molar refractivity (Wildman–Crippen MR) is 91.1 cm³/mol. The summed E-state index contributed by atoms with van der Waals surface area (Å²) in [6.45, 7) is 0. The van der Waals surface area contributed by atoms with E-state index in [-0.39, 0.29) is 41.4 Å². The average molecular weight is 358 g/mol. The Hall–Kier alpha value is -2.34. The van der Waals surface area contributed by atoms with Crippen molar-refractivity contribution in [3.8, 4) is 28.4 Å². The fraction of sp³-hybridized carbons (Fsp3) is 0.100. The van der Waals surface area contributed by atoms with Gasteiger partial charge in [-0.25, -0.2) is 0 Å². The van der Waals surface area contributed by atoms with Gasteiger partial charge >= 0.3 is 29.6 Å². The molecule has 6 heteroatoms. The average Bonchev–Trinajstić information content (AvgIpc) is 2.61. The standard InChI is InChI=1S/C20H16O5.Na/c1-24-20-14(10-19(22)23)8-5-9-16(20)18-12-15(21)11-17(25-18)13-6-3-2-4-7-13;/h2-9,11-12H,10H2,1H3,(H,22,23);/q;+1/p-1. The number of ether oxygens (including phenoxy) is 1. The number of hydrogen-bond acceptors (Lipinski definition) is 5. The van der Waals surface area contributed by atoms with Crippen LogP contribution >= 0.6 is 0 Å². The van der Waals surface area contributed by atoms with E-state index in [1.165, 1.54) is 19.2 Å². The molecule has 0 amide bonds. The summed E-state index contributed by atoms with van der Waals surface area (Å²) in [6, 6.07) is 17.1. The Labute approximate surface area is 172 Å². The molecule has 5 nitrogen and oxygen atoms in total. The molecule has 1 aromatic heterocycles. The van der Waals surface area contributed by atoms with Crippen molar-refractivity contribution < 1.29 is 48.6 Å². The number of hydrogen-bond donors (Lipinski definition) is 0. The molecule has 0 spiro atoms.